The number of nitrogens with one attached hydrogen (secondary N) is 1. The van der Waals surface area contributed by atoms with E-state index in [1.165, 1.54) is 23.4 Å². The van der Waals surface area contributed by atoms with Crippen LogP contribution >= 0.6 is 11.3 Å². The minimum Gasteiger partial charge on any atom is -0.381 e. The first-order valence-electron chi connectivity index (χ1n) is 8.11. The number of anilines is 1. The van der Waals surface area contributed by atoms with Gasteiger partial charge in [0.2, 0.25) is 0 Å². The minimum absolute atomic E-state index is 0.482. The number of rotatable bonds is 7. The number of nitrogens with zero attached hydrogens (tertiary/aromatic N) is 2. The molecule has 120 valence electrons. The van der Waals surface area contributed by atoms with Crippen molar-refractivity contribution in [2.75, 3.05) is 38.3 Å². The van der Waals surface area contributed by atoms with Gasteiger partial charge in [-0.1, -0.05) is 20.8 Å². The second-order valence-electron chi connectivity index (χ2n) is 6.20. The topological polar surface area (TPSA) is 37.4 Å². The quantitative estimate of drug-likeness (QED) is 0.839. The SMILES string of the molecule is CCNCc1sc(N(C)CC2CCCOC2)nc1C(C)C. The smallest absolute Gasteiger partial charge is 0.185 e. The summed E-state index contributed by atoms with van der Waals surface area (Å²) in [4.78, 5) is 8.59. The van der Waals surface area contributed by atoms with E-state index in [1.54, 1.807) is 0 Å². The summed E-state index contributed by atoms with van der Waals surface area (Å²) in [7, 11) is 2.16. The summed E-state index contributed by atoms with van der Waals surface area (Å²) in [6.45, 7) is 11.4. The standard InChI is InChI=1S/C16H29N3OS/c1-5-17-9-14-15(12(2)3)18-16(21-14)19(4)10-13-7-6-8-20-11-13/h12-13,17H,5-11H2,1-4H3. The normalized spacial score (nSPS) is 19.2. The Morgan fingerprint density at radius 2 is 2.29 bits per heavy atom. The van der Waals surface area contributed by atoms with Crippen LogP contribution < -0.4 is 10.2 Å². The van der Waals surface area contributed by atoms with Crippen molar-refractivity contribution in [2.24, 2.45) is 5.92 Å². The molecule has 0 bridgehead atoms. The van der Waals surface area contributed by atoms with Gasteiger partial charge >= 0.3 is 0 Å². The monoisotopic (exact) mass is 311 g/mol. The molecule has 1 saturated heterocycles. The second-order valence-corrected chi connectivity index (χ2v) is 7.27. The first kappa shape index (κ1) is 16.7. The Labute approximate surface area is 132 Å². The van der Waals surface area contributed by atoms with Gasteiger partial charge in [0.25, 0.3) is 0 Å². The van der Waals surface area contributed by atoms with Crippen LogP contribution in [0.4, 0.5) is 5.13 Å². The highest BCUT2D eigenvalue weighted by Crippen LogP contribution is 2.31. The Kier molecular flexibility index (Phi) is 6.45. The molecule has 2 rings (SSSR count). The molecule has 1 fully saturated rings. The average Bonchev–Trinajstić information content (AvgIpc) is 2.90. The lowest BCUT2D eigenvalue weighted by atomic mass is 10.0. The van der Waals surface area contributed by atoms with Crippen LogP contribution in [0, 0.1) is 5.92 Å². The van der Waals surface area contributed by atoms with Crippen molar-refractivity contribution in [3.63, 3.8) is 0 Å². The molecule has 1 aromatic heterocycles. The van der Waals surface area contributed by atoms with E-state index >= 15 is 0 Å². The van der Waals surface area contributed by atoms with Gasteiger partial charge in [-0.05, 0) is 31.2 Å². The van der Waals surface area contributed by atoms with E-state index in [4.69, 9.17) is 9.72 Å². The molecule has 5 heteroatoms. The molecule has 1 aliphatic heterocycles. The number of ether oxygens (including phenoxy) is 1. The van der Waals surface area contributed by atoms with E-state index in [9.17, 15) is 0 Å². The largest absolute Gasteiger partial charge is 0.381 e. The van der Waals surface area contributed by atoms with Crippen molar-refractivity contribution < 1.29 is 4.74 Å². The lowest BCUT2D eigenvalue weighted by Gasteiger charge is -2.26. The fourth-order valence-corrected chi connectivity index (χ4v) is 3.90. The Balaban J connectivity index is 2.03. The third kappa shape index (κ3) is 4.66. The van der Waals surface area contributed by atoms with Crippen LogP contribution in [0.25, 0.3) is 0 Å². The number of hydrogen-bond acceptors (Lipinski definition) is 5. The maximum Gasteiger partial charge on any atom is 0.185 e. The van der Waals surface area contributed by atoms with Crippen LogP contribution in [0.1, 0.15) is 50.1 Å². The Morgan fingerprint density at radius 1 is 1.48 bits per heavy atom. The highest BCUT2D eigenvalue weighted by atomic mass is 32.1. The molecule has 1 unspecified atom stereocenters. The van der Waals surface area contributed by atoms with Gasteiger partial charge in [0.15, 0.2) is 5.13 Å². The van der Waals surface area contributed by atoms with Gasteiger partial charge in [0, 0.05) is 31.6 Å². The molecule has 2 heterocycles. The highest BCUT2D eigenvalue weighted by molar-refractivity contribution is 7.15. The zero-order valence-corrected chi connectivity index (χ0v) is 14.6. The van der Waals surface area contributed by atoms with E-state index in [-0.39, 0.29) is 0 Å². The number of thiazole rings is 1. The molecule has 1 aromatic rings. The molecule has 0 spiro atoms. The van der Waals surface area contributed by atoms with Gasteiger partial charge < -0.3 is 15.0 Å². The molecule has 0 aromatic carbocycles. The van der Waals surface area contributed by atoms with E-state index in [2.05, 4.69) is 38.0 Å². The maximum absolute atomic E-state index is 5.59. The van der Waals surface area contributed by atoms with Crippen molar-refractivity contribution >= 4 is 16.5 Å². The van der Waals surface area contributed by atoms with Gasteiger partial charge in [0.05, 0.1) is 12.3 Å². The fourth-order valence-electron chi connectivity index (χ4n) is 2.75. The summed E-state index contributed by atoms with van der Waals surface area (Å²) in [6.07, 6.45) is 2.47. The third-order valence-electron chi connectivity index (χ3n) is 3.91. The molecule has 0 aliphatic carbocycles. The summed E-state index contributed by atoms with van der Waals surface area (Å²) in [5.74, 6) is 1.13. The van der Waals surface area contributed by atoms with Crippen molar-refractivity contribution in [1.82, 2.24) is 10.3 Å². The predicted molar refractivity (Wildman–Crippen MR) is 90.4 cm³/mol. The van der Waals surface area contributed by atoms with Crippen LogP contribution in [0.3, 0.4) is 0 Å². The van der Waals surface area contributed by atoms with E-state index in [0.29, 0.717) is 11.8 Å². The number of hydrogen-bond donors (Lipinski definition) is 1. The number of aromatic nitrogens is 1. The molecule has 0 radical (unpaired) electrons. The zero-order chi connectivity index (χ0) is 15.2. The lowest BCUT2D eigenvalue weighted by molar-refractivity contribution is 0.0576. The van der Waals surface area contributed by atoms with E-state index in [1.807, 2.05) is 11.3 Å². The van der Waals surface area contributed by atoms with Gasteiger partial charge in [-0.15, -0.1) is 11.3 Å². The summed E-state index contributed by atoms with van der Waals surface area (Å²) in [5.41, 5.74) is 1.25. The molecule has 0 amide bonds. The molecule has 1 atom stereocenters. The van der Waals surface area contributed by atoms with Crippen LogP contribution in [0.2, 0.25) is 0 Å². The van der Waals surface area contributed by atoms with E-state index in [0.717, 1.165) is 38.0 Å². The Morgan fingerprint density at radius 3 is 2.90 bits per heavy atom. The summed E-state index contributed by atoms with van der Waals surface area (Å²) >= 11 is 1.84. The van der Waals surface area contributed by atoms with Gasteiger partial charge in [-0.3, -0.25) is 0 Å². The molecule has 21 heavy (non-hydrogen) atoms. The fraction of sp³-hybridized carbons (Fsp3) is 0.812. The van der Waals surface area contributed by atoms with Gasteiger partial charge in [-0.25, -0.2) is 4.98 Å². The lowest BCUT2D eigenvalue weighted by Crippen LogP contribution is -2.30. The Hall–Kier alpha value is -0.650. The average molecular weight is 311 g/mol. The maximum atomic E-state index is 5.59. The second kappa shape index (κ2) is 8.11. The van der Waals surface area contributed by atoms with E-state index < -0.39 is 0 Å². The first-order valence-corrected chi connectivity index (χ1v) is 8.92. The molecule has 1 N–H and O–H groups in total. The highest BCUT2D eigenvalue weighted by Gasteiger charge is 2.20. The molecular weight excluding hydrogens is 282 g/mol. The van der Waals surface area contributed by atoms with Crippen LogP contribution in [-0.2, 0) is 11.3 Å². The predicted octanol–water partition coefficient (Wildman–Crippen LogP) is 3.24. The van der Waals surface area contributed by atoms with Crippen molar-refractivity contribution in [3.8, 4) is 0 Å². The third-order valence-corrected chi connectivity index (χ3v) is 5.10. The Bertz CT molecular complexity index is 427. The van der Waals surface area contributed by atoms with Crippen LogP contribution in [0.15, 0.2) is 0 Å². The van der Waals surface area contributed by atoms with Crippen LogP contribution in [0.5, 0.6) is 0 Å². The first-order chi connectivity index (χ1) is 10.1. The van der Waals surface area contributed by atoms with Crippen molar-refractivity contribution in [1.29, 1.82) is 0 Å². The molecular formula is C16H29N3OS. The zero-order valence-electron chi connectivity index (χ0n) is 13.8. The molecule has 4 nitrogen and oxygen atoms in total. The van der Waals surface area contributed by atoms with Crippen molar-refractivity contribution in [2.45, 2.75) is 46.1 Å². The minimum atomic E-state index is 0.482. The molecule has 0 saturated carbocycles. The summed E-state index contributed by atoms with van der Waals surface area (Å²) in [5, 5.41) is 4.58. The van der Waals surface area contributed by atoms with Crippen molar-refractivity contribution in [3.05, 3.63) is 10.6 Å². The van der Waals surface area contributed by atoms with Gasteiger partial charge in [-0.2, -0.15) is 0 Å². The summed E-state index contributed by atoms with van der Waals surface area (Å²) < 4.78 is 5.59. The van der Waals surface area contributed by atoms with Gasteiger partial charge in [0.1, 0.15) is 0 Å². The van der Waals surface area contributed by atoms with Crippen LogP contribution in [-0.4, -0.2) is 38.3 Å². The summed E-state index contributed by atoms with van der Waals surface area (Å²) in [6, 6.07) is 0. The molecule has 1 aliphatic rings.